The van der Waals surface area contributed by atoms with Gasteiger partial charge in [-0.05, 0) is 18.3 Å². The first-order valence-corrected chi connectivity index (χ1v) is 3.87. The first-order valence-electron chi connectivity index (χ1n) is 3.47. The van der Waals surface area contributed by atoms with Crippen molar-refractivity contribution < 1.29 is 4.39 Å². The van der Waals surface area contributed by atoms with Gasteiger partial charge in [0.2, 0.25) is 0 Å². The van der Waals surface area contributed by atoms with Crippen molar-refractivity contribution in [3.05, 3.63) is 35.6 Å². The van der Waals surface area contributed by atoms with Crippen LogP contribution in [0.3, 0.4) is 0 Å². The first-order chi connectivity index (χ1) is 5.70. The maximum atomic E-state index is 12.9. The lowest BCUT2D eigenvalue weighted by Crippen LogP contribution is -2.28. The van der Waals surface area contributed by atoms with Crippen molar-refractivity contribution in [3.8, 4) is 0 Å². The fraction of sp³-hybridized carbons (Fsp3) is 0.125. The molecule has 5 heteroatoms. The lowest BCUT2D eigenvalue weighted by molar-refractivity contribution is 0.606. The molecular formula is C8H10ClFN2S. The number of hydrogen-bond acceptors (Lipinski definition) is 1. The van der Waals surface area contributed by atoms with Gasteiger partial charge < -0.3 is 11.1 Å². The fourth-order valence-corrected chi connectivity index (χ4v) is 0.896. The van der Waals surface area contributed by atoms with Gasteiger partial charge in [-0.3, -0.25) is 0 Å². The number of benzene rings is 1. The molecule has 2 nitrogen and oxygen atoms in total. The summed E-state index contributed by atoms with van der Waals surface area (Å²) in [6, 6.07) is 6.48. The molecule has 72 valence electrons. The zero-order valence-electron chi connectivity index (χ0n) is 6.79. The van der Waals surface area contributed by atoms with Crippen LogP contribution in [0, 0.1) is 5.82 Å². The predicted octanol–water partition coefficient (Wildman–Crippen LogP) is 1.58. The van der Waals surface area contributed by atoms with E-state index in [2.05, 4.69) is 17.5 Å². The lowest BCUT2D eigenvalue weighted by Gasteiger charge is -2.03. The monoisotopic (exact) mass is 220 g/mol. The van der Waals surface area contributed by atoms with Gasteiger partial charge in [0.1, 0.15) is 5.82 Å². The van der Waals surface area contributed by atoms with E-state index in [1.54, 1.807) is 18.2 Å². The van der Waals surface area contributed by atoms with Gasteiger partial charge in [-0.15, -0.1) is 12.4 Å². The predicted molar refractivity (Wildman–Crippen MR) is 57.3 cm³/mol. The van der Waals surface area contributed by atoms with Gasteiger partial charge in [-0.1, -0.05) is 18.2 Å². The van der Waals surface area contributed by atoms with Gasteiger partial charge in [0.05, 0.1) is 0 Å². The van der Waals surface area contributed by atoms with Crippen molar-refractivity contribution in [2.24, 2.45) is 5.73 Å². The Morgan fingerprint density at radius 1 is 1.46 bits per heavy atom. The van der Waals surface area contributed by atoms with Crippen molar-refractivity contribution in [2.45, 2.75) is 6.54 Å². The summed E-state index contributed by atoms with van der Waals surface area (Å²) >= 11 is 4.58. The van der Waals surface area contributed by atoms with Crippen LogP contribution in [0.1, 0.15) is 5.56 Å². The van der Waals surface area contributed by atoms with Gasteiger partial charge in [0.25, 0.3) is 0 Å². The van der Waals surface area contributed by atoms with Crippen molar-refractivity contribution in [3.63, 3.8) is 0 Å². The second-order valence-corrected chi connectivity index (χ2v) is 2.75. The third-order valence-corrected chi connectivity index (χ3v) is 1.56. The maximum Gasteiger partial charge on any atom is 0.163 e. The van der Waals surface area contributed by atoms with E-state index in [-0.39, 0.29) is 23.3 Å². The highest BCUT2D eigenvalue weighted by molar-refractivity contribution is 7.80. The minimum atomic E-state index is -0.249. The largest absolute Gasteiger partial charge is 0.376 e. The van der Waals surface area contributed by atoms with Gasteiger partial charge >= 0.3 is 0 Å². The van der Waals surface area contributed by atoms with E-state index < -0.39 is 0 Å². The average molecular weight is 221 g/mol. The topological polar surface area (TPSA) is 38.0 Å². The Balaban J connectivity index is 0.00000144. The molecule has 0 unspecified atom stereocenters. The molecule has 0 aliphatic rings. The van der Waals surface area contributed by atoms with Gasteiger partial charge in [0, 0.05) is 12.1 Å². The van der Waals surface area contributed by atoms with Gasteiger partial charge in [0.15, 0.2) is 5.11 Å². The molecule has 0 aromatic heterocycles. The summed E-state index contributed by atoms with van der Waals surface area (Å²) < 4.78 is 12.9. The molecule has 0 amide bonds. The normalized spacial score (nSPS) is 8.69. The second-order valence-electron chi connectivity index (χ2n) is 2.31. The molecule has 13 heavy (non-hydrogen) atoms. The van der Waals surface area contributed by atoms with E-state index in [0.717, 1.165) is 0 Å². The van der Waals surface area contributed by atoms with Crippen LogP contribution in [0.15, 0.2) is 24.3 Å². The Hall–Kier alpha value is -0.870. The van der Waals surface area contributed by atoms with Crippen molar-refractivity contribution in [1.82, 2.24) is 5.32 Å². The summed E-state index contributed by atoms with van der Waals surface area (Å²) in [6.45, 7) is 0.335. The molecule has 0 aliphatic carbocycles. The molecule has 0 saturated heterocycles. The third kappa shape index (κ3) is 4.05. The molecule has 1 aromatic rings. The van der Waals surface area contributed by atoms with E-state index in [4.69, 9.17) is 5.73 Å². The average Bonchev–Trinajstić information content (AvgIpc) is 2.03. The number of nitrogens with two attached hydrogens (primary N) is 1. The van der Waals surface area contributed by atoms with Crippen LogP contribution in [-0.4, -0.2) is 5.11 Å². The first kappa shape index (κ1) is 12.1. The van der Waals surface area contributed by atoms with Crippen LogP contribution in [0.5, 0.6) is 0 Å². The molecule has 1 aromatic carbocycles. The standard InChI is InChI=1S/C8H9FN2S.ClH/c9-7-4-2-1-3-6(7)5-11-8(10)12;/h1-4H,5H2,(H3,10,11,12);1H. The van der Waals surface area contributed by atoms with Gasteiger partial charge in [-0.25, -0.2) is 4.39 Å². The molecular weight excluding hydrogens is 211 g/mol. The SMILES string of the molecule is Cl.NC(=S)NCc1ccccc1F. The molecule has 0 heterocycles. The molecule has 0 fully saturated rings. The van der Waals surface area contributed by atoms with Crippen molar-refractivity contribution >= 4 is 29.7 Å². The highest BCUT2D eigenvalue weighted by Gasteiger charge is 1.98. The zero-order valence-corrected chi connectivity index (χ0v) is 8.42. The lowest BCUT2D eigenvalue weighted by atomic mass is 10.2. The van der Waals surface area contributed by atoms with E-state index in [1.165, 1.54) is 6.07 Å². The van der Waals surface area contributed by atoms with Crippen molar-refractivity contribution in [1.29, 1.82) is 0 Å². The van der Waals surface area contributed by atoms with Crippen LogP contribution >= 0.6 is 24.6 Å². The molecule has 0 aliphatic heterocycles. The number of nitrogens with one attached hydrogen (secondary N) is 1. The fourth-order valence-electron chi connectivity index (χ4n) is 0.824. The number of hydrogen-bond donors (Lipinski definition) is 2. The Morgan fingerprint density at radius 2 is 2.08 bits per heavy atom. The summed E-state index contributed by atoms with van der Waals surface area (Å²) in [6.07, 6.45) is 0. The zero-order chi connectivity index (χ0) is 8.97. The Kier molecular flexibility index (Phi) is 5.34. The highest BCUT2D eigenvalue weighted by atomic mass is 35.5. The van der Waals surface area contributed by atoms with Crippen LogP contribution in [0.4, 0.5) is 4.39 Å². The van der Waals surface area contributed by atoms with Gasteiger partial charge in [-0.2, -0.15) is 0 Å². The maximum absolute atomic E-state index is 12.9. The third-order valence-electron chi connectivity index (χ3n) is 1.41. The van der Waals surface area contributed by atoms with Crippen molar-refractivity contribution in [2.75, 3.05) is 0 Å². The molecule has 3 N–H and O–H groups in total. The Labute approximate surface area is 87.7 Å². The van der Waals surface area contributed by atoms with E-state index in [9.17, 15) is 4.39 Å². The Morgan fingerprint density at radius 3 is 2.62 bits per heavy atom. The summed E-state index contributed by atoms with van der Waals surface area (Å²) in [7, 11) is 0. The van der Waals surface area contributed by atoms with E-state index in [1.807, 2.05) is 0 Å². The molecule has 1 rings (SSSR count). The quantitative estimate of drug-likeness (QED) is 0.744. The van der Waals surface area contributed by atoms with E-state index >= 15 is 0 Å². The minimum Gasteiger partial charge on any atom is -0.376 e. The number of thiocarbonyl (C=S) groups is 1. The summed E-state index contributed by atoms with van der Waals surface area (Å²) in [4.78, 5) is 0. The number of halogens is 2. The van der Waals surface area contributed by atoms with Crippen LogP contribution in [0.2, 0.25) is 0 Å². The molecule has 0 spiro atoms. The van der Waals surface area contributed by atoms with Crippen LogP contribution in [-0.2, 0) is 6.54 Å². The molecule has 0 bridgehead atoms. The smallest absolute Gasteiger partial charge is 0.163 e. The summed E-state index contributed by atoms with van der Waals surface area (Å²) in [5.74, 6) is -0.249. The molecule has 0 atom stereocenters. The molecule has 0 radical (unpaired) electrons. The minimum absolute atomic E-state index is 0. The summed E-state index contributed by atoms with van der Waals surface area (Å²) in [5, 5.41) is 2.85. The highest BCUT2D eigenvalue weighted by Crippen LogP contribution is 2.04. The second kappa shape index (κ2) is 5.72. The van der Waals surface area contributed by atoms with Crippen LogP contribution in [0.25, 0.3) is 0 Å². The Bertz CT molecular complexity index is 293. The molecule has 0 saturated carbocycles. The van der Waals surface area contributed by atoms with E-state index in [0.29, 0.717) is 12.1 Å². The number of rotatable bonds is 2. The van der Waals surface area contributed by atoms with Crippen LogP contribution < -0.4 is 11.1 Å². The summed E-state index contributed by atoms with van der Waals surface area (Å²) in [5.41, 5.74) is 5.75.